The van der Waals surface area contributed by atoms with Crippen LogP contribution in [0, 0.1) is 6.92 Å². The van der Waals surface area contributed by atoms with Crippen molar-refractivity contribution < 1.29 is 0 Å². The van der Waals surface area contributed by atoms with Gasteiger partial charge in [0.25, 0.3) is 5.56 Å². The lowest BCUT2D eigenvalue weighted by Gasteiger charge is -2.01. The zero-order valence-corrected chi connectivity index (χ0v) is 8.48. The van der Waals surface area contributed by atoms with E-state index in [4.69, 9.17) is 0 Å². The fourth-order valence-electron chi connectivity index (χ4n) is 1.26. The van der Waals surface area contributed by atoms with Crippen LogP contribution in [0.5, 0.6) is 0 Å². The van der Waals surface area contributed by atoms with E-state index in [0.29, 0.717) is 17.5 Å². The van der Waals surface area contributed by atoms with Gasteiger partial charge in [-0.15, -0.1) is 0 Å². The molecule has 6 heteroatoms. The SMILES string of the molecule is Cc1nc(Nc2ccn(C)n2)cc(=O)[nH]1. The smallest absolute Gasteiger partial charge is 0.252 e. The summed E-state index contributed by atoms with van der Waals surface area (Å²) in [5.41, 5.74) is -0.180. The Hall–Kier alpha value is -2.11. The number of rotatable bonds is 2. The van der Waals surface area contributed by atoms with Gasteiger partial charge in [-0.25, -0.2) is 4.98 Å². The molecular formula is C9H11N5O. The number of hydrogen-bond acceptors (Lipinski definition) is 4. The molecule has 0 aromatic carbocycles. The van der Waals surface area contributed by atoms with E-state index in [2.05, 4.69) is 20.4 Å². The largest absolute Gasteiger partial charge is 0.323 e. The Morgan fingerprint density at radius 1 is 1.47 bits per heavy atom. The number of aryl methyl sites for hydroxylation is 2. The topological polar surface area (TPSA) is 75.6 Å². The van der Waals surface area contributed by atoms with E-state index in [9.17, 15) is 4.79 Å². The number of H-pyrrole nitrogens is 1. The van der Waals surface area contributed by atoms with Gasteiger partial charge in [-0.2, -0.15) is 5.10 Å². The molecule has 0 saturated heterocycles. The van der Waals surface area contributed by atoms with E-state index < -0.39 is 0 Å². The van der Waals surface area contributed by atoms with Gasteiger partial charge < -0.3 is 10.3 Å². The van der Waals surface area contributed by atoms with Crippen LogP contribution in [0.4, 0.5) is 11.6 Å². The van der Waals surface area contributed by atoms with Crippen LogP contribution in [0.2, 0.25) is 0 Å². The minimum Gasteiger partial charge on any atom is -0.323 e. The van der Waals surface area contributed by atoms with E-state index >= 15 is 0 Å². The fourth-order valence-corrected chi connectivity index (χ4v) is 1.26. The van der Waals surface area contributed by atoms with Crippen LogP contribution in [-0.2, 0) is 7.05 Å². The molecule has 0 aliphatic heterocycles. The Labute approximate surface area is 86.0 Å². The molecule has 0 amide bonds. The second kappa shape index (κ2) is 3.56. The Morgan fingerprint density at radius 2 is 2.27 bits per heavy atom. The Morgan fingerprint density at radius 3 is 2.87 bits per heavy atom. The normalized spacial score (nSPS) is 10.3. The van der Waals surface area contributed by atoms with E-state index in [1.165, 1.54) is 6.07 Å². The first-order valence-corrected chi connectivity index (χ1v) is 4.48. The van der Waals surface area contributed by atoms with Crippen LogP contribution in [0.1, 0.15) is 5.82 Å². The summed E-state index contributed by atoms with van der Waals surface area (Å²) < 4.78 is 1.67. The average Bonchev–Trinajstić information content (AvgIpc) is 2.49. The minimum absolute atomic E-state index is 0.180. The summed E-state index contributed by atoms with van der Waals surface area (Å²) in [5, 5.41) is 7.06. The summed E-state index contributed by atoms with van der Waals surface area (Å²) in [6.07, 6.45) is 1.81. The number of aromatic amines is 1. The molecule has 2 rings (SSSR count). The molecule has 0 atom stereocenters. The molecule has 0 aliphatic carbocycles. The van der Waals surface area contributed by atoms with Gasteiger partial charge in [-0.3, -0.25) is 9.48 Å². The molecule has 15 heavy (non-hydrogen) atoms. The van der Waals surface area contributed by atoms with Crippen LogP contribution in [0.15, 0.2) is 23.1 Å². The van der Waals surface area contributed by atoms with E-state index in [1.54, 1.807) is 17.7 Å². The first-order valence-electron chi connectivity index (χ1n) is 4.48. The highest BCUT2D eigenvalue weighted by Crippen LogP contribution is 2.08. The maximum absolute atomic E-state index is 11.1. The third-order valence-corrected chi connectivity index (χ3v) is 1.83. The van der Waals surface area contributed by atoms with Gasteiger partial charge in [-0.05, 0) is 6.92 Å². The predicted molar refractivity (Wildman–Crippen MR) is 56.1 cm³/mol. The van der Waals surface area contributed by atoms with Crippen molar-refractivity contribution in [2.75, 3.05) is 5.32 Å². The molecule has 0 radical (unpaired) electrons. The number of nitrogens with one attached hydrogen (secondary N) is 2. The van der Waals surface area contributed by atoms with Crippen molar-refractivity contribution in [3.05, 3.63) is 34.5 Å². The van der Waals surface area contributed by atoms with Crippen LogP contribution in [-0.4, -0.2) is 19.7 Å². The maximum Gasteiger partial charge on any atom is 0.252 e. The molecule has 78 valence electrons. The lowest BCUT2D eigenvalue weighted by Crippen LogP contribution is -2.10. The molecule has 0 unspecified atom stereocenters. The molecule has 0 bridgehead atoms. The highest BCUT2D eigenvalue weighted by atomic mass is 16.1. The van der Waals surface area contributed by atoms with Gasteiger partial charge in [0.05, 0.1) is 0 Å². The second-order valence-electron chi connectivity index (χ2n) is 3.22. The monoisotopic (exact) mass is 205 g/mol. The van der Waals surface area contributed by atoms with E-state index in [0.717, 1.165) is 0 Å². The summed E-state index contributed by atoms with van der Waals surface area (Å²) in [4.78, 5) is 17.8. The molecule has 0 aliphatic rings. The van der Waals surface area contributed by atoms with Gasteiger partial charge in [0.2, 0.25) is 0 Å². The van der Waals surface area contributed by atoms with Crippen LogP contribution >= 0.6 is 0 Å². The van der Waals surface area contributed by atoms with Gasteiger partial charge in [-0.1, -0.05) is 0 Å². The number of hydrogen-bond donors (Lipinski definition) is 2. The van der Waals surface area contributed by atoms with Crippen molar-refractivity contribution in [1.29, 1.82) is 0 Å². The molecule has 2 heterocycles. The van der Waals surface area contributed by atoms with Crippen molar-refractivity contribution in [3.8, 4) is 0 Å². The molecule has 2 N–H and O–H groups in total. The van der Waals surface area contributed by atoms with Crippen molar-refractivity contribution in [2.45, 2.75) is 6.92 Å². The second-order valence-corrected chi connectivity index (χ2v) is 3.22. The zero-order chi connectivity index (χ0) is 10.8. The third-order valence-electron chi connectivity index (χ3n) is 1.83. The molecule has 6 nitrogen and oxygen atoms in total. The third kappa shape index (κ3) is 2.22. The zero-order valence-electron chi connectivity index (χ0n) is 8.48. The standard InChI is InChI=1S/C9H11N5O/c1-6-10-8(5-9(15)11-6)12-7-3-4-14(2)13-7/h3-5H,1-2H3,(H2,10,11,12,13,15). The van der Waals surface area contributed by atoms with E-state index in [1.807, 2.05) is 13.2 Å². The van der Waals surface area contributed by atoms with Crippen LogP contribution < -0.4 is 10.9 Å². The first-order chi connectivity index (χ1) is 7.13. The Kier molecular flexibility index (Phi) is 2.24. The Bertz CT molecular complexity index is 527. The molecule has 2 aromatic heterocycles. The average molecular weight is 205 g/mol. The van der Waals surface area contributed by atoms with Crippen molar-refractivity contribution in [3.63, 3.8) is 0 Å². The quantitative estimate of drug-likeness (QED) is 0.751. The van der Waals surface area contributed by atoms with Crippen molar-refractivity contribution in [1.82, 2.24) is 19.7 Å². The lowest BCUT2D eigenvalue weighted by atomic mass is 10.5. The van der Waals surface area contributed by atoms with Gasteiger partial charge in [0, 0.05) is 25.4 Å². The summed E-state index contributed by atoms with van der Waals surface area (Å²) >= 11 is 0. The summed E-state index contributed by atoms with van der Waals surface area (Å²) in [5.74, 6) is 1.73. The van der Waals surface area contributed by atoms with Gasteiger partial charge >= 0.3 is 0 Å². The summed E-state index contributed by atoms with van der Waals surface area (Å²) in [6.45, 7) is 1.73. The number of nitrogens with zero attached hydrogens (tertiary/aromatic N) is 3. The number of aromatic nitrogens is 4. The predicted octanol–water partition coefficient (Wildman–Crippen LogP) is 0.555. The van der Waals surface area contributed by atoms with Crippen LogP contribution in [0.25, 0.3) is 0 Å². The highest BCUT2D eigenvalue weighted by Gasteiger charge is 2.00. The molecule has 0 saturated carbocycles. The Balaban J connectivity index is 2.28. The van der Waals surface area contributed by atoms with Crippen molar-refractivity contribution in [2.24, 2.45) is 7.05 Å². The van der Waals surface area contributed by atoms with Gasteiger partial charge in [0.15, 0.2) is 5.82 Å². The van der Waals surface area contributed by atoms with Gasteiger partial charge in [0.1, 0.15) is 11.6 Å². The van der Waals surface area contributed by atoms with Crippen LogP contribution in [0.3, 0.4) is 0 Å². The molecule has 2 aromatic rings. The maximum atomic E-state index is 11.1. The van der Waals surface area contributed by atoms with E-state index in [-0.39, 0.29) is 5.56 Å². The fraction of sp³-hybridized carbons (Fsp3) is 0.222. The lowest BCUT2D eigenvalue weighted by molar-refractivity contribution is 0.771. The summed E-state index contributed by atoms with van der Waals surface area (Å²) in [7, 11) is 1.82. The molecule has 0 spiro atoms. The first kappa shape index (κ1) is 9.45. The number of anilines is 2. The summed E-state index contributed by atoms with van der Waals surface area (Å²) in [6, 6.07) is 3.19. The minimum atomic E-state index is -0.180. The molecule has 0 fully saturated rings. The van der Waals surface area contributed by atoms with Crippen molar-refractivity contribution >= 4 is 11.6 Å². The highest BCUT2D eigenvalue weighted by molar-refractivity contribution is 5.49. The molecular weight excluding hydrogens is 194 g/mol.